The van der Waals surface area contributed by atoms with Gasteiger partial charge >= 0.3 is 0 Å². The number of halogens is 1. The molecule has 0 aromatic heterocycles. The summed E-state index contributed by atoms with van der Waals surface area (Å²) in [4.78, 5) is 0. The molecule has 0 radical (unpaired) electrons. The van der Waals surface area contributed by atoms with Gasteiger partial charge in [0.1, 0.15) is 5.75 Å². The molecule has 1 aromatic carbocycles. The Labute approximate surface area is 105 Å². The van der Waals surface area contributed by atoms with Crippen molar-refractivity contribution in [3.05, 3.63) is 28.7 Å². The maximum atomic E-state index is 6.02. The number of ether oxygens (including phenoxy) is 1. The third-order valence-electron chi connectivity index (χ3n) is 3.73. The van der Waals surface area contributed by atoms with Crippen LogP contribution >= 0.6 is 15.9 Å². The molecule has 3 heteroatoms. The number of rotatable bonds is 2. The van der Waals surface area contributed by atoms with Crippen LogP contribution < -0.4 is 10.1 Å². The van der Waals surface area contributed by atoms with Gasteiger partial charge in [0.25, 0.3) is 0 Å². The predicted molar refractivity (Wildman–Crippen MR) is 67.6 cm³/mol. The Kier molecular flexibility index (Phi) is 2.90. The van der Waals surface area contributed by atoms with E-state index >= 15 is 0 Å². The van der Waals surface area contributed by atoms with Crippen molar-refractivity contribution in [1.29, 1.82) is 0 Å². The van der Waals surface area contributed by atoms with Gasteiger partial charge in [-0.1, -0.05) is 15.9 Å². The first-order valence-electron chi connectivity index (χ1n) is 5.94. The van der Waals surface area contributed by atoms with Crippen molar-refractivity contribution >= 4 is 15.9 Å². The van der Waals surface area contributed by atoms with Crippen molar-refractivity contribution in [2.75, 3.05) is 13.1 Å². The molecular formula is C13H16BrNO. The van der Waals surface area contributed by atoms with E-state index in [0.717, 1.165) is 22.1 Å². The molecule has 1 aliphatic heterocycles. The van der Waals surface area contributed by atoms with Gasteiger partial charge in [-0.2, -0.15) is 0 Å². The molecule has 1 heterocycles. The zero-order valence-electron chi connectivity index (χ0n) is 9.16. The highest BCUT2D eigenvalue weighted by atomic mass is 79.9. The zero-order chi connectivity index (χ0) is 11.0. The highest BCUT2D eigenvalue weighted by Gasteiger charge is 2.38. The van der Waals surface area contributed by atoms with E-state index in [1.807, 2.05) is 24.3 Å². The summed E-state index contributed by atoms with van der Waals surface area (Å²) in [5.74, 6) is 2.70. The first-order chi connectivity index (χ1) is 7.81. The lowest BCUT2D eigenvalue weighted by molar-refractivity contribution is 0.199. The molecule has 16 heavy (non-hydrogen) atoms. The van der Waals surface area contributed by atoms with Gasteiger partial charge in [0, 0.05) is 4.47 Å². The van der Waals surface area contributed by atoms with Gasteiger partial charge in [0.2, 0.25) is 0 Å². The summed E-state index contributed by atoms with van der Waals surface area (Å²) in [7, 11) is 0. The predicted octanol–water partition coefficient (Wildman–Crippen LogP) is 2.83. The summed E-state index contributed by atoms with van der Waals surface area (Å²) < 4.78 is 7.12. The van der Waals surface area contributed by atoms with Crippen molar-refractivity contribution < 1.29 is 4.74 Å². The number of hydrogen-bond donors (Lipinski definition) is 1. The van der Waals surface area contributed by atoms with E-state index in [2.05, 4.69) is 21.2 Å². The van der Waals surface area contributed by atoms with E-state index in [0.29, 0.717) is 6.10 Å². The fourth-order valence-corrected chi connectivity index (χ4v) is 3.18. The topological polar surface area (TPSA) is 21.3 Å². The molecule has 0 bridgehead atoms. The molecule has 1 N–H and O–H groups in total. The van der Waals surface area contributed by atoms with E-state index in [4.69, 9.17) is 4.74 Å². The Morgan fingerprint density at radius 1 is 1.06 bits per heavy atom. The quantitative estimate of drug-likeness (QED) is 0.900. The van der Waals surface area contributed by atoms with Crippen LogP contribution in [0.5, 0.6) is 5.75 Å². The zero-order valence-corrected chi connectivity index (χ0v) is 10.7. The van der Waals surface area contributed by atoms with Crippen molar-refractivity contribution in [3.8, 4) is 5.75 Å². The lowest BCUT2D eigenvalue weighted by atomic mass is 10.0. The molecule has 3 rings (SSSR count). The van der Waals surface area contributed by atoms with Crippen molar-refractivity contribution in [2.45, 2.75) is 18.9 Å². The molecule has 0 amide bonds. The van der Waals surface area contributed by atoms with Gasteiger partial charge in [-0.3, -0.25) is 0 Å². The summed E-state index contributed by atoms with van der Waals surface area (Å²) >= 11 is 3.43. The molecular weight excluding hydrogens is 266 g/mol. The Morgan fingerprint density at radius 2 is 1.69 bits per heavy atom. The van der Waals surface area contributed by atoms with Crippen LogP contribution in [0.2, 0.25) is 0 Å². The highest BCUT2D eigenvalue weighted by Crippen LogP contribution is 2.36. The van der Waals surface area contributed by atoms with E-state index < -0.39 is 0 Å². The summed E-state index contributed by atoms with van der Waals surface area (Å²) in [5, 5.41) is 3.45. The van der Waals surface area contributed by atoms with Gasteiger partial charge in [-0.15, -0.1) is 0 Å². The minimum atomic E-state index is 0.429. The van der Waals surface area contributed by atoms with Crippen LogP contribution in [0, 0.1) is 11.8 Å². The molecule has 1 aliphatic carbocycles. The van der Waals surface area contributed by atoms with Crippen LogP contribution in [-0.2, 0) is 0 Å². The van der Waals surface area contributed by atoms with E-state index in [-0.39, 0.29) is 0 Å². The summed E-state index contributed by atoms with van der Waals surface area (Å²) in [6.45, 7) is 2.37. The van der Waals surface area contributed by atoms with Gasteiger partial charge < -0.3 is 10.1 Å². The van der Waals surface area contributed by atoms with E-state index in [1.54, 1.807) is 0 Å². The fraction of sp³-hybridized carbons (Fsp3) is 0.538. The number of benzene rings is 1. The van der Waals surface area contributed by atoms with Crippen LogP contribution in [-0.4, -0.2) is 19.2 Å². The summed E-state index contributed by atoms with van der Waals surface area (Å²) in [6.07, 6.45) is 2.86. The van der Waals surface area contributed by atoms with Crippen molar-refractivity contribution in [2.24, 2.45) is 11.8 Å². The van der Waals surface area contributed by atoms with E-state index in [1.165, 1.54) is 25.9 Å². The number of nitrogens with one attached hydrogen (secondary N) is 1. The van der Waals surface area contributed by atoms with Crippen LogP contribution in [0.1, 0.15) is 12.8 Å². The molecule has 1 saturated heterocycles. The molecule has 2 aliphatic rings. The molecule has 0 spiro atoms. The SMILES string of the molecule is Brc1ccc(OC2CC3CNCC3C2)cc1. The van der Waals surface area contributed by atoms with Gasteiger partial charge in [0.05, 0.1) is 6.10 Å². The minimum Gasteiger partial charge on any atom is -0.490 e. The normalized spacial score (nSPS) is 32.7. The third-order valence-corrected chi connectivity index (χ3v) is 4.26. The minimum absolute atomic E-state index is 0.429. The lowest BCUT2D eigenvalue weighted by Crippen LogP contribution is -2.18. The molecule has 86 valence electrons. The average Bonchev–Trinajstić information content (AvgIpc) is 2.81. The second kappa shape index (κ2) is 4.38. The Hall–Kier alpha value is -0.540. The monoisotopic (exact) mass is 281 g/mol. The Morgan fingerprint density at radius 3 is 2.31 bits per heavy atom. The largest absolute Gasteiger partial charge is 0.490 e. The van der Waals surface area contributed by atoms with Gasteiger partial charge in [-0.25, -0.2) is 0 Å². The van der Waals surface area contributed by atoms with Crippen LogP contribution in [0.3, 0.4) is 0 Å². The third kappa shape index (κ3) is 2.11. The van der Waals surface area contributed by atoms with Gasteiger partial charge in [-0.05, 0) is 62.0 Å². The molecule has 2 nitrogen and oxygen atoms in total. The molecule has 1 saturated carbocycles. The first kappa shape index (κ1) is 10.6. The lowest BCUT2D eigenvalue weighted by Gasteiger charge is -2.14. The van der Waals surface area contributed by atoms with Crippen LogP contribution in [0.15, 0.2) is 28.7 Å². The summed E-state index contributed by atoms with van der Waals surface area (Å²) in [5.41, 5.74) is 0. The van der Waals surface area contributed by atoms with Crippen LogP contribution in [0.25, 0.3) is 0 Å². The number of fused-ring (bicyclic) bond motifs is 1. The second-order valence-corrected chi connectivity index (χ2v) is 5.76. The van der Waals surface area contributed by atoms with Crippen molar-refractivity contribution in [3.63, 3.8) is 0 Å². The first-order valence-corrected chi connectivity index (χ1v) is 6.73. The highest BCUT2D eigenvalue weighted by molar-refractivity contribution is 9.10. The average molecular weight is 282 g/mol. The fourth-order valence-electron chi connectivity index (χ4n) is 2.91. The molecule has 2 unspecified atom stereocenters. The summed E-state index contributed by atoms with van der Waals surface area (Å²) in [6, 6.07) is 8.15. The Balaban J connectivity index is 1.62. The maximum Gasteiger partial charge on any atom is 0.119 e. The smallest absolute Gasteiger partial charge is 0.119 e. The van der Waals surface area contributed by atoms with Gasteiger partial charge in [0.15, 0.2) is 0 Å². The van der Waals surface area contributed by atoms with Crippen molar-refractivity contribution in [1.82, 2.24) is 5.32 Å². The van der Waals surface area contributed by atoms with E-state index in [9.17, 15) is 0 Å². The standard InChI is InChI=1S/C13H16BrNO/c14-11-1-3-12(4-2-11)16-13-5-9-7-15-8-10(9)6-13/h1-4,9-10,13,15H,5-8H2. The van der Waals surface area contributed by atoms with Crippen LogP contribution in [0.4, 0.5) is 0 Å². The second-order valence-electron chi connectivity index (χ2n) is 4.84. The maximum absolute atomic E-state index is 6.02. The molecule has 1 aromatic rings. The Bertz CT molecular complexity index is 353. The number of hydrogen-bond acceptors (Lipinski definition) is 2. The molecule has 2 atom stereocenters. The molecule has 2 fully saturated rings.